The van der Waals surface area contributed by atoms with Crippen LogP contribution in [0.2, 0.25) is 0 Å². The lowest BCUT2D eigenvalue weighted by Crippen LogP contribution is -2.60. The van der Waals surface area contributed by atoms with Crippen molar-refractivity contribution in [1.29, 1.82) is 0 Å². The van der Waals surface area contributed by atoms with E-state index in [4.69, 9.17) is 37.9 Å². The summed E-state index contributed by atoms with van der Waals surface area (Å²) in [5, 5.41) is 103. The molecular formula is C42H66O20. The smallest absolute Gasteiger partial charge is 0.337 e. The van der Waals surface area contributed by atoms with Crippen LogP contribution in [0.4, 0.5) is 0 Å². The summed E-state index contributed by atoms with van der Waals surface area (Å²) in [5.41, 5.74) is -2.17. The first-order valence-electron chi connectivity index (χ1n) is 21.7. The van der Waals surface area contributed by atoms with Crippen LogP contribution in [-0.4, -0.2) is 175 Å². The van der Waals surface area contributed by atoms with Crippen LogP contribution in [0.25, 0.3) is 0 Å². The summed E-state index contributed by atoms with van der Waals surface area (Å²) < 4.78 is 45.5. The first kappa shape index (κ1) is 48.9. The van der Waals surface area contributed by atoms with Crippen molar-refractivity contribution in [2.45, 2.75) is 164 Å². The van der Waals surface area contributed by atoms with Crippen molar-refractivity contribution in [2.24, 2.45) is 35.5 Å². The van der Waals surface area contributed by atoms with Crippen molar-refractivity contribution in [3.63, 3.8) is 0 Å². The summed E-state index contributed by atoms with van der Waals surface area (Å²) in [5.74, 6) is -3.66. The zero-order valence-electron chi connectivity index (χ0n) is 35.6. The molecule has 0 spiro atoms. The number of unbranched alkanes of at least 4 members (excludes halogenated alkanes) is 1. The monoisotopic (exact) mass is 890 g/mol. The van der Waals surface area contributed by atoms with Gasteiger partial charge in [-0.3, -0.25) is 0 Å². The van der Waals surface area contributed by atoms with E-state index in [-0.39, 0.29) is 36.2 Å². The van der Waals surface area contributed by atoms with E-state index < -0.39 is 134 Å². The molecule has 2 saturated heterocycles. The molecule has 2 saturated carbocycles. The van der Waals surface area contributed by atoms with Gasteiger partial charge in [-0.2, -0.15) is 0 Å². The van der Waals surface area contributed by atoms with Crippen molar-refractivity contribution >= 4 is 11.9 Å². The van der Waals surface area contributed by atoms with E-state index in [9.17, 15) is 60.7 Å². The third-order valence-corrected chi connectivity index (χ3v) is 13.6. The molecule has 10 N–H and O–H groups in total. The van der Waals surface area contributed by atoms with E-state index >= 15 is 0 Å². The highest BCUT2D eigenvalue weighted by Crippen LogP contribution is 2.51. The molecule has 4 aliphatic heterocycles. The molecule has 2 aliphatic carbocycles. The summed E-state index contributed by atoms with van der Waals surface area (Å²) in [4.78, 5) is 26.6. The molecule has 0 aromatic rings. The van der Waals surface area contributed by atoms with Crippen LogP contribution in [0.15, 0.2) is 23.7 Å². The highest BCUT2D eigenvalue weighted by Gasteiger charge is 2.58. The van der Waals surface area contributed by atoms with Gasteiger partial charge < -0.3 is 89.0 Å². The predicted molar refractivity (Wildman–Crippen MR) is 208 cm³/mol. The molecule has 62 heavy (non-hydrogen) atoms. The number of carbonyl (C=O) groups is 2. The fraction of sp³-hybridized carbons (Fsp3) is 0.857. The Balaban J connectivity index is 0.921. The Bertz CT molecular complexity index is 1470. The van der Waals surface area contributed by atoms with Gasteiger partial charge in [0, 0.05) is 11.8 Å². The highest BCUT2D eigenvalue weighted by molar-refractivity contribution is 5.89. The van der Waals surface area contributed by atoms with Crippen LogP contribution in [0.3, 0.4) is 0 Å². The van der Waals surface area contributed by atoms with Crippen LogP contribution >= 0.6 is 0 Å². The Hall–Kier alpha value is -2.54. The minimum atomic E-state index is -1.67. The minimum absolute atomic E-state index is 0.0188. The molecule has 0 amide bonds. The molecule has 0 unspecified atom stereocenters. The van der Waals surface area contributed by atoms with Crippen LogP contribution < -0.4 is 0 Å². The Morgan fingerprint density at radius 1 is 0.629 bits per heavy atom. The van der Waals surface area contributed by atoms with E-state index in [1.54, 1.807) is 13.8 Å². The first-order valence-corrected chi connectivity index (χ1v) is 21.7. The lowest BCUT2D eigenvalue weighted by atomic mass is 9.81. The number of ether oxygens (including phenoxy) is 8. The maximum Gasteiger partial charge on any atom is 0.337 e. The Labute approximate surface area is 359 Å². The molecule has 20 heteroatoms. The van der Waals surface area contributed by atoms with Crippen LogP contribution in [0, 0.1) is 35.5 Å². The Kier molecular flexibility index (Phi) is 16.0. The van der Waals surface area contributed by atoms with Crippen molar-refractivity contribution in [2.75, 3.05) is 26.4 Å². The van der Waals surface area contributed by atoms with E-state index in [1.165, 1.54) is 12.5 Å². The highest BCUT2D eigenvalue weighted by atomic mass is 16.8. The lowest BCUT2D eigenvalue weighted by molar-refractivity contribution is -0.346. The van der Waals surface area contributed by atoms with Gasteiger partial charge in [-0.05, 0) is 64.2 Å². The lowest BCUT2D eigenvalue weighted by Gasteiger charge is -2.44. The summed E-state index contributed by atoms with van der Waals surface area (Å²) >= 11 is 0. The van der Waals surface area contributed by atoms with Crippen molar-refractivity contribution in [1.82, 2.24) is 0 Å². The third kappa shape index (κ3) is 10.4. The minimum Gasteiger partial charge on any atom is -0.471 e. The van der Waals surface area contributed by atoms with Crippen molar-refractivity contribution < 1.29 is 98.5 Å². The SMILES string of the molecule is C[C@H](CCCC[C@@H](C)COC(=O)C1=CO[C@@H](O[C@@H]2O[C@H](CO)[C@@H](O)[C@H](O)[C@H]2O)[C@H]2[C@@H]1CC[C@]2(C)O)COC(=O)C1=CO[C@@H](O[C@@H]2O[C@H](CO)[C@@H](O)[C@H](O)[C@H]2O)[C@H]2[C@@H]1CC[C@]2(C)O. The van der Waals surface area contributed by atoms with E-state index in [0.717, 1.165) is 25.7 Å². The number of hydrogen-bond acceptors (Lipinski definition) is 20. The van der Waals surface area contributed by atoms with E-state index in [1.807, 2.05) is 13.8 Å². The van der Waals surface area contributed by atoms with E-state index in [2.05, 4.69) is 0 Å². The summed E-state index contributed by atoms with van der Waals surface area (Å²) in [7, 11) is 0. The molecule has 6 aliphatic rings. The van der Waals surface area contributed by atoms with Crippen molar-refractivity contribution in [3.8, 4) is 0 Å². The molecule has 354 valence electrons. The van der Waals surface area contributed by atoms with E-state index in [0.29, 0.717) is 25.7 Å². The number of rotatable bonds is 17. The topological polar surface area (TPSA) is 310 Å². The second-order valence-corrected chi connectivity index (χ2v) is 18.6. The zero-order chi connectivity index (χ0) is 45.3. The molecule has 4 fully saturated rings. The predicted octanol–water partition coefficient (Wildman–Crippen LogP) is -1.43. The number of aliphatic hydroxyl groups excluding tert-OH is 8. The molecule has 0 bridgehead atoms. The number of esters is 2. The number of hydrogen-bond donors (Lipinski definition) is 10. The van der Waals surface area contributed by atoms with Gasteiger partial charge in [-0.1, -0.05) is 26.7 Å². The molecular weight excluding hydrogens is 824 g/mol. The fourth-order valence-corrected chi connectivity index (χ4v) is 9.75. The van der Waals surface area contributed by atoms with Crippen molar-refractivity contribution in [3.05, 3.63) is 23.7 Å². The summed E-state index contributed by atoms with van der Waals surface area (Å²) in [6.45, 7) is 6.12. The number of fused-ring (bicyclic) bond motifs is 2. The van der Waals surface area contributed by atoms with Crippen LogP contribution in [0.5, 0.6) is 0 Å². The first-order chi connectivity index (χ1) is 29.3. The Morgan fingerprint density at radius 2 is 1.00 bits per heavy atom. The second kappa shape index (κ2) is 20.3. The standard InChI is InChI=1S/C42H66O20/c1-19(15-55-35(51)23-17-57-37(27-21(23)9-11-41(27,3)53)61-39-33(49)31(47)29(45)25(13-43)59-39)7-5-6-8-20(2)16-56-36(52)24-18-58-38(28-22(24)10-12-42(28,4)54)62-40-34(50)32(48)30(46)26(14-44)60-40/h17-22,25-34,37-40,43-50,53-54H,5-16H2,1-4H3/t19-,20-,21-,22-,25-,26-,27-,28-,29-,30-,31+,32+,33-,34-,37+,38+,39+,40+,41+,42+/m1/s1. The van der Waals surface area contributed by atoms with Gasteiger partial charge in [0.05, 0.1) is 73.1 Å². The number of aliphatic hydroxyl groups is 10. The average molecular weight is 891 g/mol. The van der Waals surface area contributed by atoms with Gasteiger partial charge >= 0.3 is 11.9 Å². The number of carbonyl (C=O) groups excluding carboxylic acids is 2. The van der Waals surface area contributed by atoms with Crippen LogP contribution in [0.1, 0.15) is 79.1 Å². The maximum atomic E-state index is 13.3. The largest absolute Gasteiger partial charge is 0.471 e. The zero-order valence-corrected chi connectivity index (χ0v) is 35.6. The van der Waals surface area contributed by atoms with Crippen LogP contribution in [-0.2, 0) is 47.5 Å². The normalized spacial score (nSPS) is 43.8. The average Bonchev–Trinajstić information content (AvgIpc) is 3.75. The van der Waals surface area contributed by atoms with Gasteiger partial charge in [0.2, 0.25) is 12.6 Å². The molecule has 0 aromatic heterocycles. The molecule has 0 aromatic carbocycles. The van der Waals surface area contributed by atoms with Gasteiger partial charge in [0.1, 0.15) is 48.8 Å². The summed E-state index contributed by atoms with van der Waals surface area (Å²) in [6.07, 6.45) is -10.4. The summed E-state index contributed by atoms with van der Waals surface area (Å²) in [6, 6.07) is 0. The molecule has 20 nitrogen and oxygen atoms in total. The quantitative estimate of drug-likeness (QED) is 0.0592. The molecule has 4 heterocycles. The van der Waals surface area contributed by atoms with Gasteiger partial charge in [0.15, 0.2) is 12.6 Å². The maximum absolute atomic E-state index is 13.3. The Morgan fingerprint density at radius 3 is 1.35 bits per heavy atom. The van der Waals surface area contributed by atoms with Gasteiger partial charge in [-0.25, -0.2) is 9.59 Å². The van der Waals surface area contributed by atoms with Gasteiger partial charge in [0.25, 0.3) is 0 Å². The second-order valence-electron chi connectivity index (χ2n) is 18.6. The molecule has 20 atom stereocenters. The van der Waals surface area contributed by atoms with Gasteiger partial charge in [-0.15, -0.1) is 0 Å². The third-order valence-electron chi connectivity index (χ3n) is 13.6. The molecule has 0 radical (unpaired) electrons. The molecule has 6 rings (SSSR count). The fourth-order valence-electron chi connectivity index (χ4n) is 9.75.